The van der Waals surface area contributed by atoms with E-state index in [1.54, 1.807) is 6.92 Å². The van der Waals surface area contributed by atoms with Gasteiger partial charge in [0.25, 0.3) is 0 Å². The first kappa shape index (κ1) is 27.8. The lowest BCUT2D eigenvalue weighted by molar-refractivity contribution is -0.149. The lowest BCUT2D eigenvalue weighted by Gasteiger charge is -2.28. The highest BCUT2D eigenvalue weighted by Gasteiger charge is 2.39. The summed E-state index contributed by atoms with van der Waals surface area (Å²) in [5.41, 5.74) is 16.3. The predicted molar refractivity (Wildman–Crippen MR) is 116 cm³/mol. The molecule has 5 unspecified atom stereocenters. The summed E-state index contributed by atoms with van der Waals surface area (Å²) in [5, 5.41) is 14.2. The van der Waals surface area contributed by atoms with Crippen LogP contribution in [0.1, 0.15) is 52.4 Å². The number of rotatable bonds is 13. The molecular weight excluding hydrogens is 436 g/mol. The average Bonchev–Trinajstić information content (AvgIpc) is 3.23. The number of nitrogens with zero attached hydrogens (tertiary/aromatic N) is 1. The lowest BCUT2D eigenvalue weighted by atomic mass is 9.98. The van der Waals surface area contributed by atoms with Gasteiger partial charge in [0.05, 0.1) is 12.5 Å². The first-order chi connectivity index (χ1) is 15.4. The maximum absolute atomic E-state index is 12.9. The molecular formula is C20H34N6O7. The Labute approximate surface area is 191 Å². The summed E-state index contributed by atoms with van der Waals surface area (Å²) < 4.78 is 0. The Morgan fingerprint density at radius 2 is 1.64 bits per heavy atom. The summed E-state index contributed by atoms with van der Waals surface area (Å²) in [4.78, 5) is 73.6. The number of carboxylic acid groups (broad SMARTS) is 1. The number of likely N-dealkylation sites (tertiary alicyclic amines) is 1. The maximum atomic E-state index is 12.9. The van der Waals surface area contributed by atoms with Gasteiger partial charge < -0.3 is 37.8 Å². The zero-order chi connectivity index (χ0) is 25.3. The Morgan fingerprint density at radius 1 is 1.03 bits per heavy atom. The molecule has 33 heavy (non-hydrogen) atoms. The third-order valence-electron chi connectivity index (χ3n) is 5.71. The van der Waals surface area contributed by atoms with E-state index in [-0.39, 0.29) is 31.7 Å². The highest BCUT2D eigenvalue weighted by atomic mass is 16.4. The van der Waals surface area contributed by atoms with Crippen LogP contribution in [0.5, 0.6) is 0 Å². The topological polar surface area (TPSA) is 228 Å². The van der Waals surface area contributed by atoms with Crippen molar-refractivity contribution in [2.24, 2.45) is 23.1 Å². The summed E-state index contributed by atoms with van der Waals surface area (Å²) >= 11 is 0. The molecule has 1 heterocycles. The number of carbonyl (C=O) groups excluding carboxylic acids is 5. The van der Waals surface area contributed by atoms with Crippen LogP contribution in [0.2, 0.25) is 0 Å². The maximum Gasteiger partial charge on any atom is 0.326 e. The van der Waals surface area contributed by atoms with Gasteiger partial charge in [0.2, 0.25) is 29.5 Å². The summed E-state index contributed by atoms with van der Waals surface area (Å²) in [6.45, 7) is 3.75. The van der Waals surface area contributed by atoms with Crippen LogP contribution >= 0.6 is 0 Å². The van der Waals surface area contributed by atoms with E-state index in [2.05, 4.69) is 10.6 Å². The smallest absolute Gasteiger partial charge is 0.326 e. The van der Waals surface area contributed by atoms with Crippen molar-refractivity contribution in [1.29, 1.82) is 0 Å². The molecule has 0 aromatic heterocycles. The first-order valence-electron chi connectivity index (χ1n) is 10.8. The van der Waals surface area contributed by atoms with Crippen LogP contribution in [0.25, 0.3) is 0 Å². The highest BCUT2D eigenvalue weighted by molar-refractivity contribution is 5.96. The number of hydrogen-bond acceptors (Lipinski definition) is 7. The standard InChI is InChI=1S/C20H34N6O7/c1-3-10(2)16(23)18(30)24-11(6-7-14(21)27)17(29)25-12(9-15(22)28)19(31)26-8-4-5-13(26)20(32)33/h10-13,16H,3-9,23H2,1-2H3,(H2,21,27)(H2,22,28)(H,24,30)(H,25,29)(H,32,33). The molecule has 1 aliphatic heterocycles. The molecule has 13 nitrogen and oxygen atoms in total. The molecule has 5 amide bonds. The van der Waals surface area contributed by atoms with E-state index in [1.807, 2.05) is 6.92 Å². The summed E-state index contributed by atoms with van der Waals surface area (Å²) in [7, 11) is 0. The van der Waals surface area contributed by atoms with E-state index in [4.69, 9.17) is 17.2 Å². The first-order valence-corrected chi connectivity index (χ1v) is 10.8. The zero-order valence-electron chi connectivity index (χ0n) is 18.9. The number of amides is 5. The Hall–Kier alpha value is -3.22. The predicted octanol–water partition coefficient (Wildman–Crippen LogP) is -2.45. The minimum Gasteiger partial charge on any atom is -0.480 e. The number of aliphatic carboxylic acids is 1. The van der Waals surface area contributed by atoms with Crippen molar-refractivity contribution in [2.75, 3.05) is 6.54 Å². The molecule has 186 valence electrons. The summed E-state index contributed by atoms with van der Waals surface area (Å²) in [5.74, 6) is -5.24. The molecule has 0 aromatic rings. The summed E-state index contributed by atoms with van der Waals surface area (Å²) in [6, 6.07) is -4.70. The molecule has 5 atom stereocenters. The number of nitrogens with one attached hydrogen (secondary N) is 2. The fraction of sp³-hybridized carbons (Fsp3) is 0.700. The second-order valence-corrected chi connectivity index (χ2v) is 8.24. The van der Waals surface area contributed by atoms with Gasteiger partial charge in [-0.15, -0.1) is 0 Å². The van der Waals surface area contributed by atoms with Gasteiger partial charge in [0.15, 0.2) is 0 Å². The minimum absolute atomic E-state index is 0.145. The van der Waals surface area contributed by atoms with E-state index in [1.165, 1.54) is 0 Å². The molecule has 0 saturated carbocycles. The van der Waals surface area contributed by atoms with Gasteiger partial charge in [-0.3, -0.25) is 24.0 Å². The van der Waals surface area contributed by atoms with Crippen molar-refractivity contribution in [3.05, 3.63) is 0 Å². The molecule has 0 spiro atoms. The second kappa shape index (κ2) is 12.7. The van der Waals surface area contributed by atoms with E-state index in [9.17, 15) is 33.9 Å². The molecule has 0 aliphatic carbocycles. The van der Waals surface area contributed by atoms with Crippen LogP contribution in [-0.4, -0.2) is 76.2 Å². The number of hydrogen-bond donors (Lipinski definition) is 6. The Bertz CT molecular complexity index is 774. The number of nitrogens with two attached hydrogens (primary N) is 3. The Balaban J connectivity index is 3.04. The van der Waals surface area contributed by atoms with Crippen molar-refractivity contribution >= 4 is 35.5 Å². The van der Waals surface area contributed by atoms with Gasteiger partial charge in [-0.1, -0.05) is 20.3 Å². The van der Waals surface area contributed by atoms with Gasteiger partial charge in [0.1, 0.15) is 18.1 Å². The van der Waals surface area contributed by atoms with Crippen LogP contribution in [0, 0.1) is 5.92 Å². The van der Waals surface area contributed by atoms with E-state index >= 15 is 0 Å². The lowest BCUT2D eigenvalue weighted by Crippen LogP contribution is -2.58. The molecule has 0 bridgehead atoms. The van der Waals surface area contributed by atoms with Crippen molar-refractivity contribution in [2.45, 2.75) is 76.5 Å². The monoisotopic (exact) mass is 470 g/mol. The number of carbonyl (C=O) groups is 6. The molecule has 0 radical (unpaired) electrons. The van der Waals surface area contributed by atoms with Crippen LogP contribution in [0.4, 0.5) is 0 Å². The van der Waals surface area contributed by atoms with Gasteiger partial charge in [0, 0.05) is 13.0 Å². The highest BCUT2D eigenvalue weighted by Crippen LogP contribution is 2.19. The fourth-order valence-corrected chi connectivity index (χ4v) is 3.50. The SMILES string of the molecule is CCC(C)C(N)C(=O)NC(CCC(N)=O)C(=O)NC(CC(N)=O)C(=O)N1CCCC1C(=O)O. The number of carboxylic acids is 1. The molecule has 1 aliphatic rings. The second-order valence-electron chi connectivity index (χ2n) is 8.24. The molecule has 1 saturated heterocycles. The Morgan fingerprint density at radius 3 is 2.15 bits per heavy atom. The quantitative estimate of drug-likeness (QED) is 0.169. The van der Waals surface area contributed by atoms with Crippen LogP contribution in [-0.2, 0) is 28.8 Å². The van der Waals surface area contributed by atoms with E-state index < -0.39 is 66.1 Å². The third kappa shape index (κ3) is 8.33. The minimum atomic E-state index is -1.44. The van der Waals surface area contributed by atoms with Gasteiger partial charge in [-0.05, 0) is 25.2 Å². The normalized spacial score (nSPS) is 19.1. The summed E-state index contributed by atoms with van der Waals surface area (Å²) in [6.07, 6.45) is 0.324. The van der Waals surface area contributed by atoms with Crippen molar-refractivity contribution in [3.63, 3.8) is 0 Å². The Kier molecular flexibility index (Phi) is 10.7. The van der Waals surface area contributed by atoms with E-state index in [0.717, 1.165) is 4.90 Å². The molecule has 1 rings (SSSR count). The fourth-order valence-electron chi connectivity index (χ4n) is 3.50. The largest absolute Gasteiger partial charge is 0.480 e. The molecule has 13 heteroatoms. The zero-order valence-corrected chi connectivity index (χ0v) is 18.9. The third-order valence-corrected chi connectivity index (χ3v) is 5.71. The number of primary amides is 2. The van der Waals surface area contributed by atoms with Crippen molar-refractivity contribution < 1.29 is 33.9 Å². The molecule has 9 N–H and O–H groups in total. The molecule has 0 aromatic carbocycles. The van der Waals surface area contributed by atoms with Crippen LogP contribution in [0.15, 0.2) is 0 Å². The van der Waals surface area contributed by atoms with Crippen molar-refractivity contribution in [3.8, 4) is 0 Å². The van der Waals surface area contributed by atoms with Gasteiger partial charge >= 0.3 is 5.97 Å². The molecule has 1 fully saturated rings. The van der Waals surface area contributed by atoms with Crippen LogP contribution < -0.4 is 27.8 Å². The van der Waals surface area contributed by atoms with E-state index in [0.29, 0.717) is 12.8 Å². The van der Waals surface area contributed by atoms with Gasteiger partial charge in [-0.2, -0.15) is 0 Å². The average molecular weight is 471 g/mol. The van der Waals surface area contributed by atoms with Crippen molar-refractivity contribution in [1.82, 2.24) is 15.5 Å². The van der Waals surface area contributed by atoms with Crippen LogP contribution in [0.3, 0.4) is 0 Å². The van der Waals surface area contributed by atoms with Gasteiger partial charge in [-0.25, -0.2) is 4.79 Å².